The van der Waals surface area contributed by atoms with Crippen molar-refractivity contribution < 1.29 is 9.90 Å². The molecule has 0 unspecified atom stereocenters. The van der Waals surface area contributed by atoms with Gasteiger partial charge in [0.15, 0.2) is 0 Å². The zero-order chi connectivity index (χ0) is 15.2. The molecule has 0 fully saturated rings. The van der Waals surface area contributed by atoms with Crippen LogP contribution in [-0.4, -0.2) is 22.2 Å². The molecule has 1 aromatic heterocycles. The molecule has 0 aliphatic carbocycles. The predicted octanol–water partition coefficient (Wildman–Crippen LogP) is 3.01. The molecule has 2 aromatic rings. The van der Waals surface area contributed by atoms with Crippen molar-refractivity contribution in [3.63, 3.8) is 0 Å². The number of amides is 1. The molecule has 0 bridgehead atoms. The van der Waals surface area contributed by atoms with E-state index < -0.39 is 6.04 Å². The van der Waals surface area contributed by atoms with Crippen LogP contribution in [0.1, 0.15) is 35.4 Å². The van der Waals surface area contributed by atoms with E-state index in [1.807, 2.05) is 41.8 Å². The highest BCUT2D eigenvalue weighted by Crippen LogP contribution is 2.17. The number of carbonyl (C=O) groups excluding carboxylic acids is 1. The van der Waals surface area contributed by atoms with Gasteiger partial charge in [0.1, 0.15) is 5.69 Å². The molecule has 5 heteroatoms. The summed E-state index contributed by atoms with van der Waals surface area (Å²) in [5, 5.41) is 12.9. The summed E-state index contributed by atoms with van der Waals surface area (Å²) < 4.78 is 1.83. The van der Waals surface area contributed by atoms with Crippen molar-refractivity contribution in [3.05, 3.63) is 58.9 Å². The normalized spacial score (nSPS) is 12.1. The number of nitrogens with zero attached hydrogens (tertiary/aromatic N) is 1. The summed E-state index contributed by atoms with van der Waals surface area (Å²) in [6, 6.07) is 10.6. The maximum Gasteiger partial charge on any atom is 0.268 e. The number of carbonyl (C=O) groups is 1. The van der Waals surface area contributed by atoms with E-state index in [0.717, 1.165) is 18.5 Å². The average Bonchev–Trinajstić information content (AvgIpc) is 2.87. The van der Waals surface area contributed by atoms with Crippen LogP contribution in [0.4, 0.5) is 0 Å². The number of aliphatic hydroxyl groups is 1. The fourth-order valence-electron chi connectivity index (χ4n) is 2.24. The SMILES string of the molecule is CCCn1cc(Cl)cc1C(=O)N[C@@H](CO)c1ccccc1. The minimum Gasteiger partial charge on any atom is -0.394 e. The highest BCUT2D eigenvalue weighted by atomic mass is 35.5. The van der Waals surface area contributed by atoms with Crippen LogP contribution in [0.15, 0.2) is 42.6 Å². The van der Waals surface area contributed by atoms with Gasteiger partial charge in [-0.15, -0.1) is 0 Å². The van der Waals surface area contributed by atoms with Crippen molar-refractivity contribution in [3.8, 4) is 0 Å². The Morgan fingerprint density at radius 3 is 2.71 bits per heavy atom. The Morgan fingerprint density at radius 1 is 1.38 bits per heavy atom. The fourth-order valence-corrected chi connectivity index (χ4v) is 2.46. The Hall–Kier alpha value is -1.78. The molecule has 21 heavy (non-hydrogen) atoms. The standard InChI is InChI=1S/C16H19ClN2O2/c1-2-8-19-10-13(17)9-15(19)16(21)18-14(11-20)12-6-4-3-5-7-12/h3-7,9-10,14,20H,2,8,11H2,1H3,(H,18,21)/t14-/m0/s1. The zero-order valence-electron chi connectivity index (χ0n) is 11.9. The second kappa shape index (κ2) is 7.29. The number of benzene rings is 1. The molecule has 0 saturated carbocycles. The van der Waals surface area contributed by atoms with Gasteiger partial charge in [0.05, 0.1) is 17.7 Å². The number of aryl methyl sites for hydroxylation is 1. The van der Waals surface area contributed by atoms with Gasteiger partial charge in [0.25, 0.3) is 5.91 Å². The molecule has 0 saturated heterocycles. The lowest BCUT2D eigenvalue weighted by Crippen LogP contribution is -2.32. The third-order valence-electron chi connectivity index (χ3n) is 3.25. The smallest absolute Gasteiger partial charge is 0.268 e. The first-order valence-corrected chi connectivity index (χ1v) is 7.35. The molecule has 4 nitrogen and oxygen atoms in total. The van der Waals surface area contributed by atoms with Crippen LogP contribution in [0.3, 0.4) is 0 Å². The van der Waals surface area contributed by atoms with E-state index >= 15 is 0 Å². The van der Waals surface area contributed by atoms with E-state index in [2.05, 4.69) is 5.32 Å². The van der Waals surface area contributed by atoms with Gasteiger partial charge < -0.3 is 15.0 Å². The van der Waals surface area contributed by atoms with Crippen LogP contribution in [0.5, 0.6) is 0 Å². The minimum absolute atomic E-state index is 0.155. The molecule has 0 aliphatic rings. The van der Waals surface area contributed by atoms with Crippen LogP contribution in [0, 0.1) is 0 Å². The summed E-state index contributed by atoms with van der Waals surface area (Å²) in [6.07, 6.45) is 2.66. The second-order valence-electron chi connectivity index (χ2n) is 4.86. The number of aliphatic hydroxyl groups excluding tert-OH is 1. The van der Waals surface area contributed by atoms with Crippen LogP contribution in [-0.2, 0) is 6.54 Å². The van der Waals surface area contributed by atoms with Crippen molar-refractivity contribution in [1.29, 1.82) is 0 Å². The monoisotopic (exact) mass is 306 g/mol. The van der Waals surface area contributed by atoms with Crippen molar-refractivity contribution in [2.75, 3.05) is 6.61 Å². The largest absolute Gasteiger partial charge is 0.394 e. The van der Waals surface area contributed by atoms with E-state index in [4.69, 9.17) is 11.6 Å². The van der Waals surface area contributed by atoms with Gasteiger partial charge in [-0.05, 0) is 18.1 Å². The number of halogens is 1. The minimum atomic E-state index is -0.428. The van der Waals surface area contributed by atoms with Crippen molar-refractivity contribution >= 4 is 17.5 Å². The van der Waals surface area contributed by atoms with Gasteiger partial charge in [0.2, 0.25) is 0 Å². The maximum absolute atomic E-state index is 12.4. The van der Waals surface area contributed by atoms with Crippen molar-refractivity contribution in [1.82, 2.24) is 9.88 Å². The van der Waals surface area contributed by atoms with E-state index in [1.165, 1.54) is 0 Å². The fraction of sp³-hybridized carbons (Fsp3) is 0.312. The Labute approximate surface area is 129 Å². The molecule has 0 aliphatic heterocycles. The van der Waals surface area contributed by atoms with Crippen LogP contribution < -0.4 is 5.32 Å². The molecule has 0 spiro atoms. The molecule has 112 valence electrons. The number of hydrogen-bond donors (Lipinski definition) is 2. The Morgan fingerprint density at radius 2 is 2.10 bits per heavy atom. The van der Waals surface area contributed by atoms with Gasteiger partial charge in [-0.1, -0.05) is 48.9 Å². The lowest BCUT2D eigenvalue weighted by atomic mass is 10.1. The molecule has 1 aromatic carbocycles. The van der Waals surface area contributed by atoms with E-state index in [9.17, 15) is 9.90 Å². The number of nitrogens with one attached hydrogen (secondary N) is 1. The van der Waals surface area contributed by atoms with Gasteiger partial charge >= 0.3 is 0 Å². The quantitative estimate of drug-likeness (QED) is 0.862. The van der Waals surface area contributed by atoms with Crippen molar-refractivity contribution in [2.45, 2.75) is 25.9 Å². The van der Waals surface area contributed by atoms with Crippen LogP contribution in [0.2, 0.25) is 5.02 Å². The van der Waals surface area contributed by atoms with E-state index in [0.29, 0.717) is 10.7 Å². The average molecular weight is 307 g/mol. The summed E-state index contributed by atoms with van der Waals surface area (Å²) in [4.78, 5) is 12.4. The highest BCUT2D eigenvalue weighted by molar-refractivity contribution is 6.31. The lowest BCUT2D eigenvalue weighted by molar-refractivity contribution is 0.0906. The first-order valence-electron chi connectivity index (χ1n) is 6.98. The van der Waals surface area contributed by atoms with Gasteiger partial charge in [-0.2, -0.15) is 0 Å². The van der Waals surface area contributed by atoms with Crippen molar-refractivity contribution in [2.24, 2.45) is 0 Å². The first-order chi connectivity index (χ1) is 10.2. The highest BCUT2D eigenvalue weighted by Gasteiger charge is 2.18. The predicted molar refractivity (Wildman–Crippen MR) is 83.5 cm³/mol. The Bertz CT molecular complexity index is 596. The summed E-state index contributed by atoms with van der Waals surface area (Å²) >= 11 is 5.98. The van der Waals surface area contributed by atoms with Crippen LogP contribution in [0.25, 0.3) is 0 Å². The molecular formula is C16H19ClN2O2. The Balaban J connectivity index is 2.16. The third-order valence-corrected chi connectivity index (χ3v) is 3.46. The summed E-state index contributed by atoms with van der Waals surface area (Å²) in [7, 11) is 0. The number of aromatic nitrogens is 1. The summed E-state index contributed by atoms with van der Waals surface area (Å²) in [6.45, 7) is 2.61. The van der Waals surface area contributed by atoms with Gasteiger partial charge in [-0.25, -0.2) is 0 Å². The Kier molecular flexibility index (Phi) is 5.42. The second-order valence-corrected chi connectivity index (χ2v) is 5.29. The summed E-state index contributed by atoms with van der Waals surface area (Å²) in [5.74, 6) is -0.238. The molecular weight excluding hydrogens is 288 g/mol. The van der Waals surface area contributed by atoms with E-state index in [-0.39, 0.29) is 12.5 Å². The summed E-state index contributed by atoms with van der Waals surface area (Å²) in [5.41, 5.74) is 1.38. The first kappa shape index (κ1) is 15.6. The molecule has 2 rings (SSSR count). The molecule has 2 N–H and O–H groups in total. The molecule has 1 amide bonds. The lowest BCUT2D eigenvalue weighted by Gasteiger charge is -2.17. The van der Waals surface area contributed by atoms with E-state index in [1.54, 1.807) is 12.3 Å². The number of hydrogen-bond acceptors (Lipinski definition) is 2. The maximum atomic E-state index is 12.4. The van der Waals surface area contributed by atoms with Gasteiger partial charge in [-0.3, -0.25) is 4.79 Å². The van der Waals surface area contributed by atoms with Gasteiger partial charge in [0, 0.05) is 12.7 Å². The molecule has 0 radical (unpaired) electrons. The number of rotatable bonds is 6. The molecule has 1 heterocycles. The zero-order valence-corrected chi connectivity index (χ0v) is 12.7. The topological polar surface area (TPSA) is 54.3 Å². The third kappa shape index (κ3) is 3.86. The molecule has 1 atom stereocenters. The van der Waals surface area contributed by atoms with Crippen LogP contribution >= 0.6 is 11.6 Å².